The number of benzene rings is 1. The van der Waals surface area contributed by atoms with Crippen LogP contribution in [-0.2, 0) is 0 Å². The second kappa shape index (κ2) is 4.86. The van der Waals surface area contributed by atoms with E-state index in [0.29, 0.717) is 0 Å². The maximum atomic E-state index is 12.3. The Morgan fingerprint density at radius 1 is 1.36 bits per heavy atom. The maximum absolute atomic E-state index is 12.3. The van der Waals surface area contributed by atoms with Crippen molar-refractivity contribution in [3.8, 4) is 0 Å². The van der Waals surface area contributed by atoms with Crippen molar-refractivity contribution in [3.63, 3.8) is 0 Å². The molecule has 1 atom stereocenters. The van der Waals surface area contributed by atoms with Crippen LogP contribution in [-0.4, -0.2) is 6.04 Å². The number of alkyl halides is 2. The van der Waals surface area contributed by atoms with Crippen molar-refractivity contribution in [1.29, 1.82) is 0 Å². The van der Waals surface area contributed by atoms with Crippen LogP contribution >= 0.6 is 0 Å². The molecule has 0 aliphatic carbocycles. The van der Waals surface area contributed by atoms with Crippen LogP contribution in [0.1, 0.15) is 24.5 Å². The lowest BCUT2D eigenvalue weighted by molar-refractivity contribution is 0.151. The number of hydrogen-bond acceptors (Lipinski definition) is 1. The molecule has 0 aliphatic heterocycles. The molecule has 14 heavy (non-hydrogen) atoms. The molecule has 2 N–H and O–H groups in total. The van der Waals surface area contributed by atoms with E-state index in [1.54, 1.807) is 24.3 Å². The van der Waals surface area contributed by atoms with Crippen molar-refractivity contribution < 1.29 is 8.78 Å². The lowest BCUT2D eigenvalue weighted by Gasteiger charge is -2.01. The van der Waals surface area contributed by atoms with Gasteiger partial charge < -0.3 is 5.73 Å². The third kappa shape index (κ3) is 3.26. The third-order valence-electron chi connectivity index (χ3n) is 1.75. The van der Waals surface area contributed by atoms with Crippen LogP contribution in [0.25, 0.3) is 6.08 Å². The highest BCUT2D eigenvalue weighted by Gasteiger charge is 2.05. The van der Waals surface area contributed by atoms with E-state index in [1.165, 1.54) is 12.1 Å². The summed E-state index contributed by atoms with van der Waals surface area (Å²) in [6.45, 7) is 1.83. The summed E-state index contributed by atoms with van der Waals surface area (Å²) in [5.74, 6) is 0. The molecule has 0 spiro atoms. The molecule has 1 nitrogen and oxygen atoms in total. The van der Waals surface area contributed by atoms with Crippen LogP contribution in [0.4, 0.5) is 8.78 Å². The number of rotatable bonds is 3. The smallest absolute Gasteiger partial charge is 0.263 e. The third-order valence-corrected chi connectivity index (χ3v) is 1.75. The fourth-order valence-electron chi connectivity index (χ4n) is 1.06. The van der Waals surface area contributed by atoms with Gasteiger partial charge in [-0.05, 0) is 18.6 Å². The van der Waals surface area contributed by atoms with Crippen LogP contribution in [0.2, 0.25) is 0 Å². The molecule has 3 heteroatoms. The van der Waals surface area contributed by atoms with Crippen molar-refractivity contribution >= 4 is 6.08 Å². The molecule has 0 aromatic heterocycles. The zero-order valence-electron chi connectivity index (χ0n) is 7.95. The first kappa shape index (κ1) is 10.9. The fourth-order valence-corrected chi connectivity index (χ4v) is 1.06. The molecular weight excluding hydrogens is 184 g/mol. The van der Waals surface area contributed by atoms with Gasteiger partial charge in [0, 0.05) is 11.6 Å². The lowest BCUT2D eigenvalue weighted by atomic mass is 10.1. The van der Waals surface area contributed by atoms with Gasteiger partial charge in [-0.15, -0.1) is 0 Å². The molecule has 1 aromatic carbocycles. The van der Waals surface area contributed by atoms with Crippen molar-refractivity contribution in [1.82, 2.24) is 0 Å². The summed E-state index contributed by atoms with van der Waals surface area (Å²) in [5, 5.41) is 0. The summed E-state index contributed by atoms with van der Waals surface area (Å²) in [5.41, 5.74) is 6.29. The van der Waals surface area contributed by atoms with Gasteiger partial charge in [0.2, 0.25) is 0 Å². The minimum Gasteiger partial charge on any atom is -0.325 e. The molecule has 1 aromatic rings. The van der Waals surface area contributed by atoms with E-state index in [0.717, 1.165) is 5.56 Å². The summed E-state index contributed by atoms with van der Waals surface area (Å²) in [7, 11) is 0. The van der Waals surface area contributed by atoms with Gasteiger partial charge in [0.05, 0.1) is 0 Å². The molecule has 0 radical (unpaired) electrons. The van der Waals surface area contributed by atoms with Gasteiger partial charge >= 0.3 is 0 Å². The highest BCUT2D eigenvalue weighted by atomic mass is 19.3. The first-order valence-corrected chi connectivity index (χ1v) is 4.41. The molecule has 0 fully saturated rings. The molecule has 0 aliphatic rings. The van der Waals surface area contributed by atoms with Crippen LogP contribution in [0.3, 0.4) is 0 Å². The van der Waals surface area contributed by atoms with Gasteiger partial charge in [-0.2, -0.15) is 0 Å². The lowest BCUT2D eigenvalue weighted by Crippen LogP contribution is -2.09. The van der Waals surface area contributed by atoms with Crippen molar-refractivity contribution in [2.24, 2.45) is 5.73 Å². The predicted molar refractivity (Wildman–Crippen MR) is 54.1 cm³/mol. The Labute approximate surface area is 82.2 Å². The Hall–Kier alpha value is -1.22. The van der Waals surface area contributed by atoms with E-state index in [1.807, 2.05) is 6.92 Å². The number of halogens is 2. The van der Waals surface area contributed by atoms with Gasteiger partial charge in [0.15, 0.2) is 0 Å². The first-order valence-electron chi connectivity index (χ1n) is 4.41. The average molecular weight is 197 g/mol. The zero-order valence-corrected chi connectivity index (χ0v) is 7.95. The van der Waals surface area contributed by atoms with Crippen molar-refractivity contribution in [2.75, 3.05) is 0 Å². The Balaban J connectivity index is 2.83. The van der Waals surface area contributed by atoms with E-state index >= 15 is 0 Å². The largest absolute Gasteiger partial charge is 0.325 e. The molecular formula is C11H13F2N. The molecule has 0 heterocycles. The van der Waals surface area contributed by atoms with Gasteiger partial charge in [-0.3, -0.25) is 0 Å². The molecule has 76 valence electrons. The van der Waals surface area contributed by atoms with E-state index in [2.05, 4.69) is 0 Å². The normalized spacial score (nSPS) is 13.8. The highest BCUT2D eigenvalue weighted by Crippen LogP contribution is 2.19. The van der Waals surface area contributed by atoms with Gasteiger partial charge in [0.1, 0.15) is 0 Å². The molecule has 0 saturated heterocycles. The first-order chi connectivity index (χ1) is 6.59. The maximum Gasteiger partial charge on any atom is 0.263 e. The van der Waals surface area contributed by atoms with E-state index < -0.39 is 6.43 Å². The quantitative estimate of drug-likeness (QED) is 0.792. The van der Waals surface area contributed by atoms with Crippen LogP contribution in [0, 0.1) is 0 Å². The standard InChI is InChI=1S/C11H13F2N/c1-8(14)5-6-9-3-2-4-10(7-9)11(12)13/h2-8,11H,14H2,1H3/b6-5+. The second-order valence-corrected chi connectivity index (χ2v) is 3.19. The number of nitrogens with two attached hydrogens (primary N) is 1. The van der Waals surface area contributed by atoms with Crippen molar-refractivity contribution in [3.05, 3.63) is 41.5 Å². The van der Waals surface area contributed by atoms with Gasteiger partial charge in [0.25, 0.3) is 6.43 Å². The van der Waals surface area contributed by atoms with E-state index in [-0.39, 0.29) is 11.6 Å². The Morgan fingerprint density at radius 3 is 2.64 bits per heavy atom. The van der Waals surface area contributed by atoms with Crippen LogP contribution in [0.5, 0.6) is 0 Å². The Morgan fingerprint density at radius 2 is 2.07 bits per heavy atom. The topological polar surface area (TPSA) is 26.0 Å². The molecule has 0 amide bonds. The van der Waals surface area contributed by atoms with Gasteiger partial charge in [-0.25, -0.2) is 8.78 Å². The average Bonchev–Trinajstić information content (AvgIpc) is 2.15. The molecule has 1 rings (SSSR count). The summed E-state index contributed by atoms with van der Waals surface area (Å²) in [6, 6.07) is 6.19. The molecule has 0 saturated carbocycles. The van der Waals surface area contributed by atoms with Gasteiger partial charge in [-0.1, -0.05) is 30.4 Å². The van der Waals surface area contributed by atoms with Crippen molar-refractivity contribution in [2.45, 2.75) is 19.4 Å². The van der Waals surface area contributed by atoms with E-state index in [4.69, 9.17) is 5.73 Å². The Kier molecular flexibility index (Phi) is 3.77. The monoisotopic (exact) mass is 197 g/mol. The molecule has 0 bridgehead atoms. The Bertz CT molecular complexity index is 319. The number of hydrogen-bond donors (Lipinski definition) is 1. The summed E-state index contributed by atoms with van der Waals surface area (Å²) in [6.07, 6.45) is 1.10. The minimum absolute atomic E-state index is 0.0387. The molecule has 1 unspecified atom stereocenters. The summed E-state index contributed by atoms with van der Waals surface area (Å²) >= 11 is 0. The summed E-state index contributed by atoms with van der Waals surface area (Å²) < 4.78 is 24.6. The van der Waals surface area contributed by atoms with E-state index in [9.17, 15) is 8.78 Å². The highest BCUT2D eigenvalue weighted by molar-refractivity contribution is 5.51. The minimum atomic E-state index is -2.42. The SMILES string of the molecule is CC(N)/C=C/c1cccc(C(F)F)c1. The van der Waals surface area contributed by atoms with Crippen LogP contribution in [0.15, 0.2) is 30.3 Å². The second-order valence-electron chi connectivity index (χ2n) is 3.19. The fraction of sp³-hybridized carbons (Fsp3) is 0.273. The van der Waals surface area contributed by atoms with Crippen LogP contribution < -0.4 is 5.73 Å². The predicted octanol–water partition coefficient (Wildman–Crippen LogP) is 2.98. The zero-order chi connectivity index (χ0) is 10.6. The summed E-state index contributed by atoms with van der Waals surface area (Å²) in [4.78, 5) is 0.